The van der Waals surface area contributed by atoms with E-state index in [4.69, 9.17) is 4.74 Å². The van der Waals surface area contributed by atoms with Gasteiger partial charge in [-0.3, -0.25) is 0 Å². The van der Waals surface area contributed by atoms with Crippen LogP contribution in [0.5, 0.6) is 0 Å². The molecule has 0 aromatic heterocycles. The second kappa shape index (κ2) is 4.76. The van der Waals surface area contributed by atoms with E-state index < -0.39 is 10.0 Å². The maximum atomic E-state index is 12.3. The number of hydrogen-bond acceptors (Lipinski definition) is 3. The second-order valence-corrected chi connectivity index (χ2v) is 6.33. The van der Waals surface area contributed by atoms with Gasteiger partial charge >= 0.3 is 0 Å². The molecule has 1 saturated heterocycles. The summed E-state index contributed by atoms with van der Waals surface area (Å²) in [4.78, 5) is 0.348. The standard InChI is InChI=1S/C12H17NO3S/c1-10-8-13(9-11(2)16-10)17(14,15)12-6-4-3-5-7-12/h3-7,10-11H,8-9H2,1-2H3/t10-,11-/m0/s1. The number of rotatable bonds is 2. The quantitative estimate of drug-likeness (QED) is 0.804. The summed E-state index contributed by atoms with van der Waals surface area (Å²) in [5.74, 6) is 0. The van der Waals surface area contributed by atoms with Gasteiger partial charge in [-0.25, -0.2) is 8.42 Å². The van der Waals surface area contributed by atoms with Crippen LogP contribution in [0, 0.1) is 0 Å². The molecule has 0 spiro atoms. The molecule has 0 radical (unpaired) electrons. The number of nitrogens with zero attached hydrogens (tertiary/aromatic N) is 1. The van der Waals surface area contributed by atoms with Crippen molar-refractivity contribution < 1.29 is 13.2 Å². The maximum absolute atomic E-state index is 12.3. The van der Waals surface area contributed by atoms with E-state index in [0.29, 0.717) is 18.0 Å². The molecule has 1 aliphatic heterocycles. The zero-order valence-electron chi connectivity index (χ0n) is 10.0. The predicted octanol–water partition coefficient (Wildman–Crippen LogP) is 1.48. The monoisotopic (exact) mass is 255 g/mol. The van der Waals surface area contributed by atoms with E-state index in [1.807, 2.05) is 19.9 Å². The zero-order valence-corrected chi connectivity index (χ0v) is 10.9. The highest BCUT2D eigenvalue weighted by atomic mass is 32.2. The van der Waals surface area contributed by atoms with Gasteiger partial charge in [0.05, 0.1) is 17.1 Å². The van der Waals surface area contributed by atoms with E-state index in [2.05, 4.69) is 0 Å². The number of hydrogen-bond donors (Lipinski definition) is 0. The summed E-state index contributed by atoms with van der Waals surface area (Å²) in [5.41, 5.74) is 0. The number of ether oxygens (including phenoxy) is 1. The van der Waals surface area contributed by atoms with Crippen LogP contribution in [0.4, 0.5) is 0 Å². The number of morpholine rings is 1. The Hall–Kier alpha value is -0.910. The minimum atomic E-state index is -3.37. The lowest BCUT2D eigenvalue weighted by Crippen LogP contribution is -2.48. The Kier molecular flexibility index (Phi) is 3.51. The van der Waals surface area contributed by atoms with E-state index in [1.165, 1.54) is 4.31 Å². The maximum Gasteiger partial charge on any atom is 0.243 e. The fourth-order valence-corrected chi connectivity index (χ4v) is 3.68. The molecule has 1 aromatic rings. The zero-order chi connectivity index (χ0) is 12.5. The summed E-state index contributed by atoms with van der Waals surface area (Å²) in [5, 5.41) is 0. The third-order valence-electron chi connectivity index (χ3n) is 2.77. The van der Waals surface area contributed by atoms with E-state index >= 15 is 0 Å². The molecule has 0 amide bonds. The molecule has 0 unspecified atom stereocenters. The highest BCUT2D eigenvalue weighted by molar-refractivity contribution is 7.89. The molecule has 2 rings (SSSR count). The predicted molar refractivity (Wildman–Crippen MR) is 65.2 cm³/mol. The molecule has 0 bridgehead atoms. The van der Waals surface area contributed by atoms with Gasteiger partial charge in [0.25, 0.3) is 0 Å². The fraction of sp³-hybridized carbons (Fsp3) is 0.500. The van der Waals surface area contributed by atoms with Crippen molar-refractivity contribution in [1.29, 1.82) is 0 Å². The van der Waals surface area contributed by atoms with E-state index in [0.717, 1.165) is 0 Å². The molecule has 0 N–H and O–H groups in total. The van der Waals surface area contributed by atoms with E-state index in [1.54, 1.807) is 24.3 Å². The molecule has 1 aromatic carbocycles. The molecular formula is C12H17NO3S. The minimum Gasteiger partial charge on any atom is -0.373 e. The molecule has 4 nitrogen and oxygen atoms in total. The van der Waals surface area contributed by atoms with Gasteiger partial charge < -0.3 is 4.74 Å². The topological polar surface area (TPSA) is 46.6 Å². The van der Waals surface area contributed by atoms with Crippen molar-refractivity contribution in [2.45, 2.75) is 31.0 Å². The number of benzene rings is 1. The van der Waals surface area contributed by atoms with Gasteiger partial charge in [0, 0.05) is 13.1 Å². The van der Waals surface area contributed by atoms with Crippen molar-refractivity contribution in [3.8, 4) is 0 Å². The van der Waals surface area contributed by atoms with Crippen LogP contribution in [0.3, 0.4) is 0 Å². The minimum absolute atomic E-state index is 0.0581. The normalized spacial score (nSPS) is 26.9. The Balaban J connectivity index is 2.27. The van der Waals surface area contributed by atoms with Gasteiger partial charge in [-0.2, -0.15) is 4.31 Å². The van der Waals surface area contributed by atoms with Crippen LogP contribution >= 0.6 is 0 Å². The average molecular weight is 255 g/mol. The SMILES string of the molecule is C[C@H]1CN(S(=O)(=O)c2ccccc2)C[C@H](C)O1. The summed E-state index contributed by atoms with van der Waals surface area (Å²) < 4.78 is 31.7. The van der Waals surface area contributed by atoms with Gasteiger partial charge in [-0.1, -0.05) is 18.2 Å². The van der Waals surface area contributed by atoms with Crippen LogP contribution in [0.2, 0.25) is 0 Å². The smallest absolute Gasteiger partial charge is 0.243 e. The highest BCUT2D eigenvalue weighted by Gasteiger charge is 2.31. The van der Waals surface area contributed by atoms with Crippen molar-refractivity contribution in [2.24, 2.45) is 0 Å². The van der Waals surface area contributed by atoms with Gasteiger partial charge in [-0.15, -0.1) is 0 Å². The first-order valence-electron chi connectivity index (χ1n) is 5.71. The Bertz CT molecular complexity index is 462. The van der Waals surface area contributed by atoms with Crippen LogP contribution in [-0.2, 0) is 14.8 Å². The van der Waals surface area contributed by atoms with Gasteiger partial charge in [0.2, 0.25) is 10.0 Å². The fourth-order valence-electron chi connectivity index (χ4n) is 2.07. The van der Waals surface area contributed by atoms with Crippen LogP contribution in [0.15, 0.2) is 35.2 Å². The summed E-state index contributed by atoms with van der Waals surface area (Å²) >= 11 is 0. The molecule has 1 heterocycles. The molecule has 1 aliphatic rings. The summed E-state index contributed by atoms with van der Waals surface area (Å²) in [7, 11) is -3.37. The number of sulfonamides is 1. The van der Waals surface area contributed by atoms with E-state index in [9.17, 15) is 8.42 Å². The molecule has 1 fully saturated rings. The third-order valence-corrected chi connectivity index (χ3v) is 4.61. The molecule has 17 heavy (non-hydrogen) atoms. The lowest BCUT2D eigenvalue weighted by molar-refractivity contribution is -0.0440. The molecule has 5 heteroatoms. The van der Waals surface area contributed by atoms with Crippen molar-refractivity contribution >= 4 is 10.0 Å². The summed E-state index contributed by atoms with van der Waals surface area (Å²) in [6.45, 7) is 4.62. The Morgan fingerprint density at radius 1 is 1.12 bits per heavy atom. The average Bonchev–Trinajstić information content (AvgIpc) is 2.29. The van der Waals surface area contributed by atoms with Crippen LogP contribution in [0.1, 0.15) is 13.8 Å². The molecule has 0 aliphatic carbocycles. The van der Waals surface area contributed by atoms with Crippen molar-refractivity contribution in [1.82, 2.24) is 4.31 Å². The van der Waals surface area contributed by atoms with Crippen molar-refractivity contribution in [2.75, 3.05) is 13.1 Å². The lowest BCUT2D eigenvalue weighted by atomic mass is 10.3. The van der Waals surface area contributed by atoms with Gasteiger partial charge in [0.15, 0.2) is 0 Å². The first-order valence-corrected chi connectivity index (χ1v) is 7.15. The molecule has 0 saturated carbocycles. The Morgan fingerprint density at radius 3 is 2.18 bits per heavy atom. The first-order chi connectivity index (χ1) is 8.00. The summed E-state index contributed by atoms with van der Waals surface area (Å²) in [6, 6.07) is 8.53. The molecular weight excluding hydrogens is 238 g/mol. The van der Waals surface area contributed by atoms with Crippen molar-refractivity contribution in [3.63, 3.8) is 0 Å². The highest BCUT2D eigenvalue weighted by Crippen LogP contribution is 2.20. The second-order valence-electron chi connectivity index (χ2n) is 4.39. The van der Waals surface area contributed by atoms with Gasteiger partial charge in [-0.05, 0) is 26.0 Å². The summed E-state index contributed by atoms with van der Waals surface area (Å²) in [6.07, 6.45) is -0.116. The van der Waals surface area contributed by atoms with Crippen LogP contribution < -0.4 is 0 Å². The van der Waals surface area contributed by atoms with Gasteiger partial charge in [0.1, 0.15) is 0 Å². The van der Waals surface area contributed by atoms with Crippen molar-refractivity contribution in [3.05, 3.63) is 30.3 Å². The van der Waals surface area contributed by atoms with Crippen LogP contribution in [-0.4, -0.2) is 38.0 Å². The molecule has 94 valence electrons. The lowest BCUT2D eigenvalue weighted by Gasteiger charge is -2.34. The third kappa shape index (κ3) is 2.68. The Morgan fingerprint density at radius 2 is 1.65 bits per heavy atom. The van der Waals surface area contributed by atoms with Crippen LogP contribution in [0.25, 0.3) is 0 Å². The largest absolute Gasteiger partial charge is 0.373 e. The first kappa shape index (κ1) is 12.5. The Labute approximate surface area is 102 Å². The molecule has 2 atom stereocenters. The van der Waals surface area contributed by atoms with E-state index in [-0.39, 0.29) is 12.2 Å².